The average molecular weight is 96.1 g/mol. The Morgan fingerprint density at radius 3 is 3.00 bits per heavy atom. The molecule has 1 heterocycles. The van der Waals surface area contributed by atoms with E-state index >= 15 is 0 Å². The SMILES string of the molecule is N#[N+]c1cn[nH]n1. The Bertz CT molecular complexity index is 168. The summed E-state index contributed by atoms with van der Waals surface area (Å²) in [6.45, 7) is 0. The second-order valence-corrected chi connectivity index (χ2v) is 0.928. The van der Waals surface area contributed by atoms with E-state index < -0.39 is 0 Å². The number of nitrogens with zero attached hydrogens (tertiary/aromatic N) is 4. The van der Waals surface area contributed by atoms with Crippen molar-refractivity contribution in [2.24, 2.45) is 0 Å². The minimum Gasteiger partial charge on any atom is -0.136 e. The zero-order chi connectivity index (χ0) is 5.11. The molecule has 0 spiro atoms. The van der Waals surface area contributed by atoms with Crippen molar-refractivity contribution in [2.75, 3.05) is 0 Å². The molecular formula is C2H2N5+. The molecule has 1 N–H and O–H groups in total. The lowest BCUT2D eigenvalue weighted by Crippen LogP contribution is -1.63. The smallest absolute Gasteiger partial charge is 0.136 e. The summed E-state index contributed by atoms with van der Waals surface area (Å²) >= 11 is 0. The third-order valence-corrected chi connectivity index (χ3v) is 0.505. The van der Waals surface area contributed by atoms with Gasteiger partial charge in [-0.2, -0.15) is 0 Å². The lowest BCUT2D eigenvalue weighted by atomic mass is 10.8. The fraction of sp³-hybridized carbons (Fsp3) is 0. The van der Waals surface area contributed by atoms with E-state index in [4.69, 9.17) is 5.39 Å². The van der Waals surface area contributed by atoms with Gasteiger partial charge in [0.25, 0.3) is 0 Å². The van der Waals surface area contributed by atoms with E-state index in [0.717, 1.165) is 0 Å². The highest BCUT2D eigenvalue weighted by Gasteiger charge is 2.02. The topological polar surface area (TPSA) is 69.7 Å². The van der Waals surface area contributed by atoms with Crippen molar-refractivity contribution >= 4 is 5.82 Å². The predicted octanol–water partition coefficient (Wildman–Crippen LogP) is 0.289. The highest BCUT2D eigenvalue weighted by molar-refractivity contribution is 5.27. The molecule has 7 heavy (non-hydrogen) atoms. The van der Waals surface area contributed by atoms with E-state index in [1.54, 1.807) is 0 Å². The molecule has 0 aliphatic heterocycles. The van der Waals surface area contributed by atoms with Crippen LogP contribution in [0.1, 0.15) is 0 Å². The van der Waals surface area contributed by atoms with Crippen LogP contribution in [0, 0.1) is 5.39 Å². The maximum absolute atomic E-state index is 7.93. The molecule has 1 rings (SSSR count). The zero-order valence-corrected chi connectivity index (χ0v) is 3.37. The molecule has 0 atom stereocenters. The van der Waals surface area contributed by atoms with Gasteiger partial charge in [0.2, 0.25) is 0 Å². The van der Waals surface area contributed by atoms with Gasteiger partial charge in [-0.3, -0.25) is 0 Å². The molecule has 0 aromatic carbocycles. The van der Waals surface area contributed by atoms with Gasteiger partial charge in [0.1, 0.15) is 0 Å². The van der Waals surface area contributed by atoms with E-state index in [1.165, 1.54) is 6.20 Å². The number of rotatable bonds is 0. The van der Waals surface area contributed by atoms with E-state index in [-0.39, 0.29) is 5.82 Å². The molecule has 0 saturated heterocycles. The quantitative estimate of drug-likeness (QED) is 0.472. The molecule has 0 aliphatic carbocycles. The second kappa shape index (κ2) is 1.34. The van der Waals surface area contributed by atoms with Crippen molar-refractivity contribution < 1.29 is 0 Å². The van der Waals surface area contributed by atoms with Crippen molar-refractivity contribution in [1.29, 1.82) is 5.39 Å². The Morgan fingerprint density at radius 1 is 1.86 bits per heavy atom. The van der Waals surface area contributed by atoms with Gasteiger partial charge in [-0.1, -0.05) is 0 Å². The van der Waals surface area contributed by atoms with Gasteiger partial charge in [-0.05, 0) is 0 Å². The molecule has 0 fully saturated rings. The highest BCUT2D eigenvalue weighted by Crippen LogP contribution is 1.97. The van der Waals surface area contributed by atoms with E-state index in [1.807, 2.05) is 0 Å². The third kappa shape index (κ3) is 0.523. The number of H-pyrrole nitrogens is 1. The summed E-state index contributed by atoms with van der Waals surface area (Å²) in [5, 5.41) is 16.9. The second-order valence-electron chi connectivity index (χ2n) is 0.928. The van der Waals surface area contributed by atoms with Crippen LogP contribution in [0.4, 0.5) is 5.82 Å². The van der Waals surface area contributed by atoms with Crippen LogP contribution in [0.15, 0.2) is 6.20 Å². The first-order chi connectivity index (χ1) is 3.43. The van der Waals surface area contributed by atoms with Crippen molar-refractivity contribution in [3.05, 3.63) is 11.2 Å². The summed E-state index contributed by atoms with van der Waals surface area (Å²) in [6.07, 6.45) is 1.31. The summed E-state index contributed by atoms with van der Waals surface area (Å²) in [5.74, 6) is 0.194. The third-order valence-electron chi connectivity index (χ3n) is 0.505. The fourth-order valence-electron chi connectivity index (χ4n) is 0.244. The van der Waals surface area contributed by atoms with Crippen LogP contribution in [0.2, 0.25) is 0 Å². The lowest BCUT2D eigenvalue weighted by molar-refractivity contribution is 0.943. The van der Waals surface area contributed by atoms with Gasteiger partial charge >= 0.3 is 5.82 Å². The predicted molar refractivity (Wildman–Crippen MR) is 21.1 cm³/mol. The standard InChI is InChI=1S/C2H2N5/c3-5-2-1-4-7-6-2/h1H,(H,4,6,7)/q+1. The zero-order valence-electron chi connectivity index (χ0n) is 3.37. The molecule has 1 aromatic heterocycles. The van der Waals surface area contributed by atoms with Crippen LogP contribution in [0.3, 0.4) is 0 Å². The first kappa shape index (κ1) is 3.74. The highest BCUT2D eigenvalue weighted by atomic mass is 15.3. The Kier molecular flexibility index (Phi) is 0.717. The minimum atomic E-state index is 0.194. The molecule has 0 unspecified atom stereocenters. The van der Waals surface area contributed by atoms with Crippen LogP contribution in [-0.2, 0) is 0 Å². The summed E-state index contributed by atoms with van der Waals surface area (Å²) in [7, 11) is 0. The molecule has 0 bridgehead atoms. The first-order valence-corrected chi connectivity index (χ1v) is 1.64. The van der Waals surface area contributed by atoms with Gasteiger partial charge in [0, 0.05) is 4.98 Å². The summed E-state index contributed by atoms with van der Waals surface area (Å²) in [4.78, 5) is 2.73. The maximum Gasteiger partial charge on any atom is 0.507 e. The van der Waals surface area contributed by atoms with E-state index in [9.17, 15) is 0 Å². The molecule has 0 radical (unpaired) electrons. The van der Waals surface area contributed by atoms with Crippen LogP contribution in [0.25, 0.3) is 4.98 Å². The number of diazo groups is 1. The Morgan fingerprint density at radius 2 is 2.71 bits per heavy atom. The fourth-order valence-corrected chi connectivity index (χ4v) is 0.244. The Hall–Kier alpha value is -1.44. The van der Waals surface area contributed by atoms with Crippen molar-refractivity contribution in [2.45, 2.75) is 0 Å². The molecule has 0 saturated carbocycles. The molecule has 5 heteroatoms. The van der Waals surface area contributed by atoms with Gasteiger partial charge < -0.3 is 0 Å². The first-order valence-electron chi connectivity index (χ1n) is 1.64. The van der Waals surface area contributed by atoms with Crippen molar-refractivity contribution in [3.63, 3.8) is 0 Å². The number of nitrogens with one attached hydrogen (secondary N) is 1. The number of aromatic nitrogens is 3. The summed E-state index contributed by atoms with van der Waals surface area (Å²) < 4.78 is 0. The van der Waals surface area contributed by atoms with E-state index in [2.05, 4.69) is 20.4 Å². The Balaban J connectivity index is 3.04. The number of hydrogen-bond acceptors (Lipinski definition) is 3. The number of aromatic amines is 1. The molecule has 1 aromatic rings. The molecule has 0 aliphatic rings. The average Bonchev–Trinajstić information content (AvgIpc) is 2.14. The van der Waals surface area contributed by atoms with Crippen LogP contribution in [0.5, 0.6) is 0 Å². The van der Waals surface area contributed by atoms with Crippen molar-refractivity contribution in [1.82, 2.24) is 15.4 Å². The van der Waals surface area contributed by atoms with Gasteiger partial charge in [-0.25, -0.2) is 0 Å². The molecule has 5 nitrogen and oxygen atoms in total. The minimum absolute atomic E-state index is 0.194. The van der Waals surface area contributed by atoms with Crippen LogP contribution >= 0.6 is 0 Å². The number of hydrogen-bond donors (Lipinski definition) is 1. The Labute approximate surface area is 39.0 Å². The molecular weight excluding hydrogens is 94.1 g/mol. The van der Waals surface area contributed by atoms with Crippen molar-refractivity contribution in [3.8, 4) is 0 Å². The maximum atomic E-state index is 7.93. The van der Waals surface area contributed by atoms with Gasteiger partial charge in [0.05, 0.1) is 10.5 Å². The van der Waals surface area contributed by atoms with E-state index in [0.29, 0.717) is 0 Å². The normalized spacial score (nSPS) is 7.86. The molecule has 34 valence electrons. The monoisotopic (exact) mass is 96.0 g/mol. The molecule has 0 amide bonds. The van der Waals surface area contributed by atoms with Gasteiger partial charge in [0.15, 0.2) is 6.20 Å². The summed E-state index contributed by atoms with van der Waals surface area (Å²) in [5.41, 5.74) is 0. The lowest BCUT2D eigenvalue weighted by Gasteiger charge is -1.41. The summed E-state index contributed by atoms with van der Waals surface area (Å²) in [6, 6.07) is 0. The van der Waals surface area contributed by atoms with Crippen LogP contribution < -0.4 is 0 Å². The van der Waals surface area contributed by atoms with Crippen LogP contribution in [-0.4, -0.2) is 15.4 Å². The largest absolute Gasteiger partial charge is 0.507 e. The van der Waals surface area contributed by atoms with Gasteiger partial charge in [-0.15, -0.1) is 10.3 Å².